The second-order valence-electron chi connectivity index (χ2n) is 12.0. The first-order valence-corrected chi connectivity index (χ1v) is 18.1. The molecule has 0 spiro atoms. The Kier molecular flexibility index (Phi) is 9.63. The molecule has 40 heavy (non-hydrogen) atoms. The molecule has 1 atom stereocenters. The van der Waals surface area contributed by atoms with Gasteiger partial charge in [-0.05, 0) is 56.7 Å². The van der Waals surface area contributed by atoms with Crippen molar-refractivity contribution in [3.05, 3.63) is 48.2 Å². The summed E-state index contributed by atoms with van der Waals surface area (Å²) < 4.78 is 13.6. The molecule has 0 radical (unpaired) electrons. The van der Waals surface area contributed by atoms with Gasteiger partial charge in [0.1, 0.15) is 6.73 Å². The van der Waals surface area contributed by atoms with E-state index >= 15 is 0 Å². The van der Waals surface area contributed by atoms with E-state index in [1.807, 2.05) is 51.2 Å². The van der Waals surface area contributed by atoms with Crippen LogP contribution in [0.1, 0.15) is 67.6 Å². The highest BCUT2D eigenvalue weighted by Gasteiger charge is 2.30. The number of carbonyl (C=O) groups excluding carboxylic acids is 2. The van der Waals surface area contributed by atoms with E-state index in [-0.39, 0.29) is 36.4 Å². The number of imidazole rings is 1. The van der Waals surface area contributed by atoms with Gasteiger partial charge in [0, 0.05) is 44.1 Å². The van der Waals surface area contributed by atoms with Gasteiger partial charge in [0.25, 0.3) is 11.8 Å². The van der Waals surface area contributed by atoms with Gasteiger partial charge in [-0.3, -0.25) is 9.59 Å². The first kappa shape index (κ1) is 29.7. The molecule has 3 aromatic rings. The molecule has 1 saturated carbocycles. The minimum absolute atomic E-state index is 0.0951. The number of nitrogens with one attached hydrogen (secondary N) is 2. The van der Waals surface area contributed by atoms with Crippen LogP contribution in [0.3, 0.4) is 0 Å². The number of rotatable bonds is 14. The lowest BCUT2D eigenvalue weighted by Crippen LogP contribution is -2.35. The Bertz CT molecular complexity index is 1300. The average Bonchev–Trinajstić information content (AvgIpc) is 3.50. The highest BCUT2D eigenvalue weighted by atomic mass is 28.3. The molecule has 2 heterocycles. The SMILES string of the molecule is CCC(CC)NC(=O)c1cnc(-c2cccc(-c3cn(COCC[Si](C)(C)C)c(C(=O)N[C@@H](C)C4CC4)n3)c2)o1. The summed E-state index contributed by atoms with van der Waals surface area (Å²) >= 11 is 0. The third kappa shape index (κ3) is 7.91. The molecule has 0 bridgehead atoms. The van der Waals surface area contributed by atoms with Gasteiger partial charge in [-0.2, -0.15) is 0 Å². The third-order valence-electron chi connectivity index (χ3n) is 7.35. The van der Waals surface area contributed by atoms with Gasteiger partial charge in [0.05, 0.1) is 11.9 Å². The first-order valence-electron chi connectivity index (χ1n) is 14.4. The molecule has 2 aromatic heterocycles. The van der Waals surface area contributed by atoms with E-state index in [0.717, 1.165) is 37.3 Å². The number of ether oxygens (including phenoxy) is 1. The van der Waals surface area contributed by atoms with E-state index < -0.39 is 8.07 Å². The normalized spacial score (nSPS) is 14.4. The third-order valence-corrected chi connectivity index (χ3v) is 9.05. The number of carbonyl (C=O) groups is 2. The Morgan fingerprint density at radius 3 is 2.52 bits per heavy atom. The number of benzene rings is 1. The van der Waals surface area contributed by atoms with Gasteiger partial charge >= 0.3 is 0 Å². The fourth-order valence-corrected chi connectivity index (χ4v) is 5.19. The average molecular weight is 566 g/mol. The van der Waals surface area contributed by atoms with Gasteiger partial charge in [0.15, 0.2) is 0 Å². The standard InChI is InChI=1S/C30H43N5O4Si/c1-7-24(8-2)33-28(36)26-17-31-30(39-26)23-11-9-10-22(16-23)25-18-35(19-38-14-15-40(4,5)6)27(34-25)29(37)32-20(3)21-12-13-21/h9-11,16-18,20-21,24H,7-8,12-15,19H2,1-6H3,(H,32,37)(H,33,36)/t20-/m0/s1. The maximum atomic E-state index is 13.2. The molecule has 0 unspecified atom stereocenters. The molecule has 1 aromatic carbocycles. The fourth-order valence-electron chi connectivity index (χ4n) is 4.43. The van der Waals surface area contributed by atoms with E-state index in [1.165, 1.54) is 6.20 Å². The highest BCUT2D eigenvalue weighted by Crippen LogP contribution is 2.32. The van der Waals surface area contributed by atoms with Crippen molar-refractivity contribution in [2.45, 2.75) is 91.0 Å². The van der Waals surface area contributed by atoms with Crippen molar-refractivity contribution in [1.29, 1.82) is 0 Å². The Labute approximate surface area is 238 Å². The summed E-state index contributed by atoms with van der Waals surface area (Å²) in [6.07, 6.45) is 7.30. The number of nitrogens with zero attached hydrogens (tertiary/aromatic N) is 3. The molecule has 10 heteroatoms. The van der Waals surface area contributed by atoms with Gasteiger partial charge < -0.3 is 24.4 Å². The van der Waals surface area contributed by atoms with Crippen LogP contribution in [0.4, 0.5) is 0 Å². The summed E-state index contributed by atoms with van der Waals surface area (Å²) in [6.45, 7) is 14.0. The highest BCUT2D eigenvalue weighted by molar-refractivity contribution is 6.76. The lowest BCUT2D eigenvalue weighted by atomic mass is 10.1. The van der Waals surface area contributed by atoms with Crippen LogP contribution in [0, 0.1) is 5.92 Å². The van der Waals surface area contributed by atoms with Crippen LogP contribution in [-0.4, -0.2) is 53.1 Å². The Morgan fingerprint density at radius 2 is 1.85 bits per heavy atom. The number of hydrogen-bond acceptors (Lipinski definition) is 6. The lowest BCUT2D eigenvalue weighted by molar-refractivity contribution is 0.0776. The summed E-state index contributed by atoms with van der Waals surface area (Å²) in [6, 6.07) is 8.85. The van der Waals surface area contributed by atoms with Crippen LogP contribution in [0.25, 0.3) is 22.7 Å². The van der Waals surface area contributed by atoms with Gasteiger partial charge in [-0.25, -0.2) is 9.97 Å². The number of aromatic nitrogens is 3. The summed E-state index contributed by atoms with van der Waals surface area (Å²) in [7, 11) is -1.23. The van der Waals surface area contributed by atoms with E-state index in [9.17, 15) is 9.59 Å². The summed E-state index contributed by atoms with van der Waals surface area (Å²) in [4.78, 5) is 34.9. The second-order valence-corrected chi connectivity index (χ2v) is 17.6. The Hall–Kier alpha value is -3.24. The zero-order chi connectivity index (χ0) is 28.9. The molecule has 216 valence electrons. The van der Waals surface area contributed by atoms with Gasteiger partial charge in [-0.1, -0.05) is 45.6 Å². The van der Waals surface area contributed by atoms with E-state index in [4.69, 9.17) is 14.1 Å². The zero-order valence-corrected chi connectivity index (χ0v) is 25.6. The van der Waals surface area contributed by atoms with Crippen molar-refractivity contribution in [3.63, 3.8) is 0 Å². The minimum Gasteiger partial charge on any atom is -0.431 e. The van der Waals surface area contributed by atoms with Crippen LogP contribution in [0.15, 0.2) is 41.1 Å². The predicted octanol–water partition coefficient (Wildman–Crippen LogP) is 5.96. The summed E-state index contributed by atoms with van der Waals surface area (Å²) in [5.41, 5.74) is 2.18. The molecular formula is C30H43N5O4Si. The number of amides is 2. The molecule has 2 amide bonds. The second kappa shape index (κ2) is 12.9. The van der Waals surface area contributed by atoms with Crippen molar-refractivity contribution in [3.8, 4) is 22.7 Å². The summed E-state index contributed by atoms with van der Waals surface area (Å²) in [5.74, 6) is 0.929. The largest absolute Gasteiger partial charge is 0.431 e. The number of oxazole rings is 1. The van der Waals surface area contributed by atoms with E-state index in [2.05, 4.69) is 35.3 Å². The lowest BCUT2D eigenvalue weighted by Gasteiger charge is -2.16. The molecule has 4 rings (SSSR count). The first-order chi connectivity index (χ1) is 19.1. The summed E-state index contributed by atoms with van der Waals surface area (Å²) in [5, 5.41) is 6.09. The van der Waals surface area contributed by atoms with Gasteiger partial charge in [0.2, 0.25) is 17.5 Å². The van der Waals surface area contributed by atoms with Crippen molar-refractivity contribution in [2.75, 3.05) is 6.61 Å². The van der Waals surface area contributed by atoms with Crippen LogP contribution in [0.2, 0.25) is 25.7 Å². The van der Waals surface area contributed by atoms with Crippen molar-refractivity contribution >= 4 is 19.9 Å². The Balaban J connectivity index is 1.54. The monoisotopic (exact) mass is 565 g/mol. The maximum absolute atomic E-state index is 13.2. The predicted molar refractivity (Wildman–Crippen MR) is 159 cm³/mol. The zero-order valence-electron chi connectivity index (χ0n) is 24.6. The van der Waals surface area contributed by atoms with Crippen LogP contribution < -0.4 is 10.6 Å². The van der Waals surface area contributed by atoms with Crippen LogP contribution >= 0.6 is 0 Å². The van der Waals surface area contributed by atoms with Crippen molar-refractivity contribution in [2.24, 2.45) is 5.92 Å². The molecule has 0 aliphatic heterocycles. The van der Waals surface area contributed by atoms with Crippen LogP contribution in [0.5, 0.6) is 0 Å². The minimum atomic E-state index is -1.23. The molecule has 1 fully saturated rings. The van der Waals surface area contributed by atoms with Crippen LogP contribution in [-0.2, 0) is 11.5 Å². The molecule has 2 N–H and O–H groups in total. The topological polar surface area (TPSA) is 111 Å². The molecule has 9 nitrogen and oxygen atoms in total. The molecule has 1 aliphatic carbocycles. The maximum Gasteiger partial charge on any atom is 0.288 e. The quantitative estimate of drug-likeness (QED) is 0.184. The van der Waals surface area contributed by atoms with E-state index in [0.29, 0.717) is 35.5 Å². The fraction of sp³-hybridized carbons (Fsp3) is 0.533. The number of hydrogen-bond donors (Lipinski definition) is 2. The van der Waals surface area contributed by atoms with Gasteiger partial charge in [-0.15, -0.1) is 0 Å². The van der Waals surface area contributed by atoms with Crippen molar-refractivity contribution in [1.82, 2.24) is 25.2 Å². The molecule has 0 saturated heterocycles. The van der Waals surface area contributed by atoms with Crippen molar-refractivity contribution < 1.29 is 18.7 Å². The molecule has 1 aliphatic rings. The smallest absolute Gasteiger partial charge is 0.288 e. The molecular weight excluding hydrogens is 522 g/mol. The Morgan fingerprint density at radius 1 is 1.12 bits per heavy atom. The van der Waals surface area contributed by atoms with E-state index in [1.54, 1.807) is 4.57 Å².